The highest BCUT2D eigenvalue weighted by Crippen LogP contribution is 2.17. The van der Waals surface area contributed by atoms with Gasteiger partial charge in [0.15, 0.2) is 0 Å². The van der Waals surface area contributed by atoms with Crippen molar-refractivity contribution in [2.75, 3.05) is 37.3 Å². The topological polar surface area (TPSA) is 6.48 Å². The second-order valence-electron chi connectivity index (χ2n) is 3.43. The summed E-state index contributed by atoms with van der Waals surface area (Å²) in [5.74, 6) is 0. The third-order valence-corrected chi connectivity index (χ3v) is 3.50. The van der Waals surface area contributed by atoms with Crippen LogP contribution in [-0.4, -0.2) is 36.7 Å². The molecule has 1 saturated heterocycles. The molecule has 1 aromatic carbocycles. The first-order chi connectivity index (χ1) is 6.90. The fourth-order valence-electron chi connectivity index (χ4n) is 1.77. The molecule has 15 heavy (non-hydrogen) atoms. The molecular weight excluding hydrogens is 204 g/mol. The maximum absolute atomic E-state index is 2.45. The fraction of sp³-hybridized carbons (Fsp3) is 0.500. The van der Waals surface area contributed by atoms with Crippen molar-refractivity contribution in [3.05, 3.63) is 30.3 Å². The average Bonchev–Trinajstić information content (AvgIpc) is 2.30. The Kier molecular flexibility index (Phi) is 4.99. The van der Waals surface area contributed by atoms with E-state index in [0.29, 0.717) is 0 Å². The summed E-state index contributed by atoms with van der Waals surface area (Å²) in [5.41, 5.74) is 1.35. The Hall–Kier alpha value is -0.670. The summed E-state index contributed by atoms with van der Waals surface area (Å²) in [6.45, 7) is 4.61. The highest BCUT2D eigenvalue weighted by molar-refractivity contribution is 7.96. The minimum absolute atomic E-state index is 0. The molecule has 2 rings (SSSR count). The predicted octanol–water partition coefficient (Wildman–Crippen LogP) is 2.72. The molecule has 0 aliphatic carbocycles. The van der Waals surface area contributed by atoms with Crippen molar-refractivity contribution < 1.29 is 0 Å². The molecule has 0 unspecified atom stereocenters. The van der Waals surface area contributed by atoms with Crippen LogP contribution in [0.1, 0.15) is 7.43 Å². The molecule has 0 amide bonds. The molecule has 1 aliphatic rings. The number of anilines is 1. The zero-order chi connectivity index (χ0) is 9.80. The summed E-state index contributed by atoms with van der Waals surface area (Å²) >= 11 is 1.85. The molecule has 1 aromatic rings. The van der Waals surface area contributed by atoms with Crippen LogP contribution in [0.25, 0.3) is 0 Å². The van der Waals surface area contributed by atoms with Gasteiger partial charge in [-0.1, -0.05) is 37.6 Å². The van der Waals surface area contributed by atoms with E-state index in [0.717, 1.165) is 26.2 Å². The van der Waals surface area contributed by atoms with Crippen molar-refractivity contribution >= 4 is 17.6 Å². The molecule has 1 fully saturated rings. The van der Waals surface area contributed by atoms with Crippen LogP contribution in [0.4, 0.5) is 5.69 Å². The van der Waals surface area contributed by atoms with Crippen molar-refractivity contribution in [2.24, 2.45) is 0 Å². The molecule has 3 heteroatoms. The highest BCUT2D eigenvalue weighted by atomic mass is 32.2. The molecule has 0 aromatic heterocycles. The second kappa shape index (κ2) is 6.03. The van der Waals surface area contributed by atoms with Crippen LogP contribution in [0.5, 0.6) is 0 Å². The van der Waals surface area contributed by atoms with Crippen LogP contribution >= 0.6 is 11.9 Å². The van der Waals surface area contributed by atoms with Crippen molar-refractivity contribution in [1.29, 1.82) is 0 Å². The maximum atomic E-state index is 2.45. The van der Waals surface area contributed by atoms with E-state index in [1.807, 2.05) is 11.9 Å². The molecule has 2 nitrogen and oxygen atoms in total. The Labute approximate surface area is 97.4 Å². The lowest BCUT2D eigenvalue weighted by molar-refractivity contribution is 0.431. The molecule has 0 atom stereocenters. The van der Waals surface area contributed by atoms with E-state index < -0.39 is 0 Å². The Balaban J connectivity index is 0.00000112. The number of hydrogen-bond donors (Lipinski definition) is 0. The van der Waals surface area contributed by atoms with Gasteiger partial charge in [0.05, 0.1) is 0 Å². The van der Waals surface area contributed by atoms with Gasteiger partial charge in [0.25, 0.3) is 0 Å². The minimum atomic E-state index is 0. The molecule has 84 valence electrons. The minimum Gasteiger partial charge on any atom is -0.369 e. The third kappa shape index (κ3) is 3.14. The smallest absolute Gasteiger partial charge is 0.0367 e. The SMILES string of the molecule is C.CSN1CCN(c2ccccc2)CC1. The van der Waals surface area contributed by atoms with Crippen LogP contribution in [0, 0.1) is 0 Å². The van der Waals surface area contributed by atoms with Crippen LogP contribution in [-0.2, 0) is 0 Å². The molecule has 0 saturated carbocycles. The lowest BCUT2D eigenvalue weighted by Gasteiger charge is -2.34. The van der Waals surface area contributed by atoms with Gasteiger partial charge in [-0.25, -0.2) is 4.31 Å². The number of rotatable bonds is 2. The zero-order valence-electron chi connectivity index (χ0n) is 8.52. The highest BCUT2D eigenvalue weighted by Gasteiger charge is 2.15. The number of hydrogen-bond acceptors (Lipinski definition) is 3. The summed E-state index contributed by atoms with van der Waals surface area (Å²) < 4.78 is 2.42. The molecule has 0 radical (unpaired) electrons. The van der Waals surface area contributed by atoms with E-state index in [-0.39, 0.29) is 7.43 Å². The first kappa shape index (κ1) is 12.4. The summed E-state index contributed by atoms with van der Waals surface area (Å²) in [6, 6.07) is 10.7. The normalized spacial score (nSPS) is 17.3. The van der Waals surface area contributed by atoms with E-state index in [1.165, 1.54) is 5.69 Å². The number of nitrogens with zero attached hydrogens (tertiary/aromatic N) is 2. The number of piperazine rings is 1. The van der Waals surface area contributed by atoms with Crippen molar-refractivity contribution in [2.45, 2.75) is 7.43 Å². The lowest BCUT2D eigenvalue weighted by Crippen LogP contribution is -2.43. The molecule has 1 aliphatic heterocycles. The number of para-hydroxylation sites is 1. The second-order valence-corrected chi connectivity index (χ2v) is 4.32. The summed E-state index contributed by atoms with van der Waals surface area (Å²) in [5, 5.41) is 0. The van der Waals surface area contributed by atoms with Gasteiger partial charge < -0.3 is 4.90 Å². The quantitative estimate of drug-likeness (QED) is 0.713. The van der Waals surface area contributed by atoms with Gasteiger partial charge in [-0.2, -0.15) is 0 Å². The van der Waals surface area contributed by atoms with Gasteiger partial charge in [-0.15, -0.1) is 0 Å². The number of benzene rings is 1. The van der Waals surface area contributed by atoms with E-state index in [9.17, 15) is 0 Å². The first-order valence-corrected chi connectivity index (χ1v) is 6.17. The Morgan fingerprint density at radius 1 is 1.00 bits per heavy atom. The average molecular weight is 224 g/mol. The predicted molar refractivity (Wildman–Crippen MR) is 70.5 cm³/mol. The summed E-state index contributed by atoms with van der Waals surface area (Å²) in [4.78, 5) is 2.45. The monoisotopic (exact) mass is 224 g/mol. The van der Waals surface area contributed by atoms with Crippen molar-refractivity contribution in [3.8, 4) is 0 Å². The van der Waals surface area contributed by atoms with Crippen molar-refractivity contribution in [3.63, 3.8) is 0 Å². The molecule has 0 spiro atoms. The van der Waals surface area contributed by atoms with Crippen LogP contribution in [0.15, 0.2) is 30.3 Å². The Morgan fingerprint density at radius 2 is 1.60 bits per heavy atom. The van der Waals surface area contributed by atoms with Crippen LogP contribution < -0.4 is 4.90 Å². The van der Waals surface area contributed by atoms with Gasteiger partial charge in [-0.3, -0.25) is 0 Å². The van der Waals surface area contributed by atoms with E-state index in [2.05, 4.69) is 45.8 Å². The lowest BCUT2D eigenvalue weighted by atomic mass is 10.2. The van der Waals surface area contributed by atoms with Gasteiger partial charge >= 0.3 is 0 Å². The molecule has 0 N–H and O–H groups in total. The standard InChI is InChI=1S/C11H16N2S.CH4/c1-14-13-9-7-12(8-10-13)11-5-3-2-4-6-11;/h2-6H,7-10H2,1H3;1H4. The molecule has 0 bridgehead atoms. The van der Waals surface area contributed by atoms with E-state index in [4.69, 9.17) is 0 Å². The van der Waals surface area contributed by atoms with Gasteiger partial charge in [0, 0.05) is 31.9 Å². The first-order valence-electron chi connectivity index (χ1n) is 4.99. The summed E-state index contributed by atoms with van der Waals surface area (Å²) in [7, 11) is 0. The Morgan fingerprint density at radius 3 is 2.13 bits per heavy atom. The van der Waals surface area contributed by atoms with Gasteiger partial charge in [0.1, 0.15) is 0 Å². The maximum Gasteiger partial charge on any atom is 0.0367 e. The Bertz CT molecular complexity index is 268. The van der Waals surface area contributed by atoms with Gasteiger partial charge in [0.2, 0.25) is 0 Å². The van der Waals surface area contributed by atoms with E-state index >= 15 is 0 Å². The largest absolute Gasteiger partial charge is 0.369 e. The summed E-state index contributed by atoms with van der Waals surface area (Å²) in [6.07, 6.45) is 2.15. The van der Waals surface area contributed by atoms with Crippen molar-refractivity contribution in [1.82, 2.24) is 4.31 Å². The van der Waals surface area contributed by atoms with Gasteiger partial charge in [-0.05, 0) is 18.4 Å². The van der Waals surface area contributed by atoms with Crippen LogP contribution in [0.3, 0.4) is 0 Å². The molecular formula is C12H20N2S. The zero-order valence-corrected chi connectivity index (χ0v) is 9.33. The van der Waals surface area contributed by atoms with Crippen LogP contribution in [0.2, 0.25) is 0 Å². The molecule has 1 heterocycles. The fourth-order valence-corrected chi connectivity index (χ4v) is 2.30. The third-order valence-electron chi connectivity index (χ3n) is 2.62. The van der Waals surface area contributed by atoms with E-state index in [1.54, 1.807) is 0 Å².